The lowest BCUT2D eigenvalue weighted by Crippen LogP contribution is -2.38. The van der Waals surface area contributed by atoms with E-state index in [1.807, 2.05) is 18.9 Å². The Hall–Kier alpha value is -1.58. The highest BCUT2D eigenvalue weighted by atomic mass is 16.4. The van der Waals surface area contributed by atoms with E-state index in [0.29, 0.717) is 17.4 Å². The number of carboxylic acids is 1. The summed E-state index contributed by atoms with van der Waals surface area (Å²) in [6.07, 6.45) is 5.16. The summed E-state index contributed by atoms with van der Waals surface area (Å²) in [6, 6.07) is 2.19. The SMILES string of the molecule is Cc1ccnc(N(C)C2CCC2)c1C(=O)O. The molecule has 1 aromatic heterocycles. The van der Waals surface area contributed by atoms with Crippen molar-refractivity contribution in [2.24, 2.45) is 0 Å². The first-order chi connectivity index (χ1) is 7.61. The van der Waals surface area contributed by atoms with Crippen molar-refractivity contribution in [3.8, 4) is 0 Å². The summed E-state index contributed by atoms with van der Waals surface area (Å²) in [5.41, 5.74) is 1.10. The van der Waals surface area contributed by atoms with Crippen LogP contribution in [0.1, 0.15) is 35.2 Å². The van der Waals surface area contributed by atoms with Gasteiger partial charge in [0.05, 0.1) is 0 Å². The molecule has 16 heavy (non-hydrogen) atoms. The molecule has 0 radical (unpaired) electrons. The third-order valence-electron chi connectivity index (χ3n) is 3.31. The number of hydrogen-bond donors (Lipinski definition) is 1. The first-order valence-electron chi connectivity index (χ1n) is 5.53. The maximum atomic E-state index is 11.2. The minimum absolute atomic E-state index is 0.330. The molecular formula is C12H16N2O2. The molecule has 0 aromatic carbocycles. The summed E-state index contributed by atoms with van der Waals surface area (Å²) < 4.78 is 0. The maximum absolute atomic E-state index is 11.2. The standard InChI is InChI=1S/C12H16N2O2/c1-8-6-7-13-11(10(8)12(15)16)14(2)9-4-3-5-9/h6-7,9H,3-5H2,1-2H3,(H,15,16). The van der Waals surface area contributed by atoms with Crippen molar-refractivity contribution in [1.29, 1.82) is 0 Å². The van der Waals surface area contributed by atoms with Crippen LogP contribution in [0.3, 0.4) is 0 Å². The van der Waals surface area contributed by atoms with E-state index in [9.17, 15) is 9.90 Å². The molecule has 1 saturated carbocycles. The van der Waals surface area contributed by atoms with Crippen LogP contribution in [0.2, 0.25) is 0 Å². The molecular weight excluding hydrogens is 204 g/mol. The molecule has 4 heteroatoms. The summed E-state index contributed by atoms with van der Waals surface area (Å²) in [7, 11) is 1.93. The van der Waals surface area contributed by atoms with Gasteiger partial charge in [-0.3, -0.25) is 0 Å². The molecule has 86 valence electrons. The van der Waals surface area contributed by atoms with Crippen LogP contribution in [-0.4, -0.2) is 29.1 Å². The monoisotopic (exact) mass is 220 g/mol. The Balaban J connectivity index is 2.38. The molecule has 4 nitrogen and oxygen atoms in total. The number of carbonyl (C=O) groups is 1. The lowest BCUT2D eigenvalue weighted by molar-refractivity contribution is 0.0696. The topological polar surface area (TPSA) is 53.4 Å². The Morgan fingerprint density at radius 3 is 2.75 bits per heavy atom. The summed E-state index contributed by atoms with van der Waals surface area (Å²) in [5, 5.41) is 9.20. The number of aromatic carboxylic acids is 1. The fraction of sp³-hybridized carbons (Fsp3) is 0.500. The normalized spacial score (nSPS) is 15.6. The number of pyridine rings is 1. The Labute approximate surface area is 94.9 Å². The Morgan fingerprint density at radius 2 is 2.25 bits per heavy atom. The van der Waals surface area contributed by atoms with Gasteiger partial charge < -0.3 is 10.0 Å². The molecule has 0 saturated heterocycles. The minimum atomic E-state index is -0.897. The van der Waals surface area contributed by atoms with Crippen molar-refractivity contribution in [3.05, 3.63) is 23.4 Å². The van der Waals surface area contributed by atoms with Gasteiger partial charge in [0.1, 0.15) is 11.4 Å². The number of aryl methyl sites for hydroxylation is 1. The zero-order valence-corrected chi connectivity index (χ0v) is 9.60. The summed E-state index contributed by atoms with van der Waals surface area (Å²) in [5.74, 6) is -0.302. The summed E-state index contributed by atoms with van der Waals surface area (Å²) in [4.78, 5) is 17.4. The quantitative estimate of drug-likeness (QED) is 0.847. The van der Waals surface area contributed by atoms with Crippen LogP contribution in [0, 0.1) is 6.92 Å². The third-order valence-corrected chi connectivity index (χ3v) is 3.31. The lowest BCUT2D eigenvalue weighted by Gasteiger charge is -2.36. The largest absolute Gasteiger partial charge is 0.478 e. The molecule has 0 spiro atoms. The predicted molar refractivity (Wildman–Crippen MR) is 62.0 cm³/mol. The number of carboxylic acid groups (broad SMARTS) is 1. The maximum Gasteiger partial charge on any atom is 0.339 e. The first kappa shape index (κ1) is 10.9. The van der Waals surface area contributed by atoms with E-state index in [4.69, 9.17) is 0 Å². The van der Waals surface area contributed by atoms with Crippen LogP contribution in [0.15, 0.2) is 12.3 Å². The number of nitrogens with zero attached hydrogens (tertiary/aromatic N) is 2. The fourth-order valence-electron chi connectivity index (χ4n) is 2.02. The molecule has 0 unspecified atom stereocenters. The molecule has 1 fully saturated rings. The summed E-state index contributed by atoms with van der Waals surface area (Å²) in [6.45, 7) is 1.81. The first-order valence-corrected chi connectivity index (χ1v) is 5.53. The van der Waals surface area contributed by atoms with Crippen molar-refractivity contribution in [3.63, 3.8) is 0 Å². The van der Waals surface area contributed by atoms with E-state index < -0.39 is 5.97 Å². The van der Waals surface area contributed by atoms with Gasteiger partial charge in [-0.2, -0.15) is 0 Å². The van der Waals surface area contributed by atoms with E-state index in [0.717, 1.165) is 18.4 Å². The Morgan fingerprint density at radius 1 is 1.56 bits per heavy atom. The number of rotatable bonds is 3. The average Bonchev–Trinajstić information content (AvgIpc) is 2.13. The van der Waals surface area contributed by atoms with E-state index in [2.05, 4.69) is 4.98 Å². The fourth-order valence-corrected chi connectivity index (χ4v) is 2.02. The highest BCUT2D eigenvalue weighted by Crippen LogP contribution is 2.29. The minimum Gasteiger partial charge on any atom is -0.478 e. The third kappa shape index (κ3) is 1.75. The molecule has 1 aromatic rings. The van der Waals surface area contributed by atoms with Crippen molar-refractivity contribution in [2.45, 2.75) is 32.2 Å². The number of anilines is 1. The zero-order chi connectivity index (χ0) is 11.7. The predicted octanol–water partition coefficient (Wildman–Crippen LogP) is 2.08. The van der Waals surface area contributed by atoms with Gasteiger partial charge in [0.15, 0.2) is 0 Å². The van der Waals surface area contributed by atoms with Crippen molar-refractivity contribution in [1.82, 2.24) is 4.98 Å². The van der Waals surface area contributed by atoms with Gasteiger partial charge >= 0.3 is 5.97 Å². The molecule has 0 amide bonds. The van der Waals surface area contributed by atoms with Gasteiger partial charge in [-0.05, 0) is 37.8 Å². The second-order valence-corrected chi connectivity index (χ2v) is 4.33. The van der Waals surface area contributed by atoms with Gasteiger partial charge in [0.25, 0.3) is 0 Å². The highest BCUT2D eigenvalue weighted by Gasteiger charge is 2.26. The molecule has 0 bridgehead atoms. The lowest BCUT2D eigenvalue weighted by atomic mass is 9.91. The second-order valence-electron chi connectivity index (χ2n) is 4.33. The van der Waals surface area contributed by atoms with Gasteiger partial charge in [-0.15, -0.1) is 0 Å². The molecule has 0 atom stereocenters. The molecule has 1 aliphatic carbocycles. The van der Waals surface area contributed by atoms with Crippen LogP contribution < -0.4 is 4.90 Å². The van der Waals surface area contributed by atoms with Crippen LogP contribution in [0.5, 0.6) is 0 Å². The van der Waals surface area contributed by atoms with E-state index in [1.165, 1.54) is 6.42 Å². The average molecular weight is 220 g/mol. The van der Waals surface area contributed by atoms with Gasteiger partial charge in [-0.25, -0.2) is 9.78 Å². The van der Waals surface area contributed by atoms with E-state index in [-0.39, 0.29) is 0 Å². The highest BCUT2D eigenvalue weighted by molar-refractivity contribution is 5.95. The van der Waals surface area contributed by atoms with Gasteiger partial charge in [0, 0.05) is 19.3 Å². The molecule has 1 N–H and O–H groups in total. The number of aromatic nitrogens is 1. The second kappa shape index (κ2) is 4.12. The molecule has 1 heterocycles. The van der Waals surface area contributed by atoms with Crippen molar-refractivity contribution >= 4 is 11.8 Å². The van der Waals surface area contributed by atoms with E-state index in [1.54, 1.807) is 12.3 Å². The molecule has 1 aliphatic rings. The van der Waals surface area contributed by atoms with Crippen LogP contribution >= 0.6 is 0 Å². The van der Waals surface area contributed by atoms with Gasteiger partial charge in [-0.1, -0.05) is 0 Å². The van der Waals surface area contributed by atoms with Gasteiger partial charge in [0.2, 0.25) is 0 Å². The smallest absolute Gasteiger partial charge is 0.339 e. The van der Waals surface area contributed by atoms with Crippen molar-refractivity contribution in [2.75, 3.05) is 11.9 Å². The van der Waals surface area contributed by atoms with Crippen LogP contribution in [0.4, 0.5) is 5.82 Å². The molecule has 0 aliphatic heterocycles. The number of hydrogen-bond acceptors (Lipinski definition) is 3. The van der Waals surface area contributed by atoms with Crippen LogP contribution in [0.25, 0.3) is 0 Å². The molecule has 2 rings (SSSR count). The Bertz CT molecular complexity index is 413. The zero-order valence-electron chi connectivity index (χ0n) is 9.60. The Kier molecular flexibility index (Phi) is 2.81. The van der Waals surface area contributed by atoms with Crippen LogP contribution in [-0.2, 0) is 0 Å². The van der Waals surface area contributed by atoms with Crippen molar-refractivity contribution < 1.29 is 9.90 Å². The summed E-state index contributed by atoms with van der Waals surface area (Å²) >= 11 is 0. The van der Waals surface area contributed by atoms with E-state index >= 15 is 0 Å².